The molecule has 0 bridgehead atoms. The highest BCUT2D eigenvalue weighted by Crippen LogP contribution is 2.34. The number of nitrogens with two attached hydrogens (primary N) is 1. The van der Waals surface area contributed by atoms with Crippen LogP contribution in [0.3, 0.4) is 0 Å². The Hall–Kier alpha value is -1.59. The highest BCUT2D eigenvalue weighted by molar-refractivity contribution is 9.10. The quantitative estimate of drug-likeness (QED) is 0.928. The van der Waals surface area contributed by atoms with Gasteiger partial charge in [-0.2, -0.15) is 0 Å². The molecule has 0 aromatic heterocycles. The van der Waals surface area contributed by atoms with Gasteiger partial charge in [-0.1, -0.05) is 6.07 Å². The minimum Gasteiger partial charge on any atom is -0.497 e. The summed E-state index contributed by atoms with van der Waals surface area (Å²) in [7, 11) is 1.58. The van der Waals surface area contributed by atoms with Gasteiger partial charge >= 0.3 is 0 Å². The third-order valence-electron chi connectivity index (χ3n) is 2.64. The van der Waals surface area contributed by atoms with Crippen LogP contribution in [0.4, 0.5) is 4.39 Å². The van der Waals surface area contributed by atoms with E-state index in [4.69, 9.17) is 15.2 Å². The molecule has 0 heterocycles. The number of benzene rings is 2. The molecule has 0 atom stereocenters. The van der Waals surface area contributed by atoms with Crippen molar-refractivity contribution in [3.8, 4) is 17.2 Å². The van der Waals surface area contributed by atoms with Gasteiger partial charge < -0.3 is 15.2 Å². The summed E-state index contributed by atoms with van der Waals surface area (Å²) in [6, 6.07) is 9.91. The van der Waals surface area contributed by atoms with Crippen LogP contribution in [0.1, 0.15) is 5.56 Å². The maximum atomic E-state index is 13.6. The molecule has 2 aromatic carbocycles. The van der Waals surface area contributed by atoms with E-state index in [2.05, 4.69) is 15.9 Å². The molecule has 0 saturated heterocycles. The second kappa shape index (κ2) is 6.04. The predicted molar refractivity (Wildman–Crippen MR) is 75.1 cm³/mol. The third-order valence-corrected chi connectivity index (χ3v) is 3.26. The van der Waals surface area contributed by atoms with E-state index in [-0.39, 0.29) is 12.4 Å². The molecule has 0 saturated carbocycles. The second-order valence-electron chi connectivity index (χ2n) is 3.82. The van der Waals surface area contributed by atoms with E-state index >= 15 is 0 Å². The summed E-state index contributed by atoms with van der Waals surface area (Å²) in [5.74, 6) is 1.32. The lowest BCUT2D eigenvalue weighted by Crippen LogP contribution is -2.02. The molecule has 0 radical (unpaired) electrons. The van der Waals surface area contributed by atoms with Crippen molar-refractivity contribution in [3.05, 3.63) is 52.3 Å². The van der Waals surface area contributed by atoms with Crippen molar-refractivity contribution in [1.29, 1.82) is 0 Å². The van der Waals surface area contributed by atoms with Crippen LogP contribution in [-0.2, 0) is 6.54 Å². The smallest absolute Gasteiger partial charge is 0.141 e. The number of halogens is 2. The van der Waals surface area contributed by atoms with Crippen LogP contribution in [0.5, 0.6) is 17.2 Å². The maximum absolute atomic E-state index is 13.6. The number of ether oxygens (including phenoxy) is 2. The lowest BCUT2D eigenvalue weighted by atomic mass is 10.2. The summed E-state index contributed by atoms with van der Waals surface area (Å²) < 4.78 is 25.1. The first-order valence-corrected chi connectivity index (χ1v) is 6.44. The molecule has 2 rings (SSSR count). The normalized spacial score (nSPS) is 10.3. The number of rotatable bonds is 4. The summed E-state index contributed by atoms with van der Waals surface area (Å²) in [6.07, 6.45) is 0. The molecule has 2 N–H and O–H groups in total. The Balaban J connectivity index is 2.34. The number of methoxy groups -OCH3 is 1. The zero-order valence-corrected chi connectivity index (χ0v) is 11.9. The van der Waals surface area contributed by atoms with E-state index < -0.39 is 0 Å². The fourth-order valence-electron chi connectivity index (χ4n) is 1.64. The minimum absolute atomic E-state index is 0.0791. The molecule has 3 nitrogen and oxygen atoms in total. The van der Waals surface area contributed by atoms with E-state index in [0.29, 0.717) is 22.8 Å². The Morgan fingerprint density at radius 3 is 2.63 bits per heavy atom. The van der Waals surface area contributed by atoms with Crippen LogP contribution >= 0.6 is 15.9 Å². The van der Waals surface area contributed by atoms with Crippen LogP contribution in [0.2, 0.25) is 0 Å². The van der Waals surface area contributed by atoms with Crippen molar-refractivity contribution < 1.29 is 13.9 Å². The van der Waals surface area contributed by atoms with Crippen LogP contribution in [-0.4, -0.2) is 7.11 Å². The van der Waals surface area contributed by atoms with Gasteiger partial charge in [0.1, 0.15) is 23.1 Å². The molecule has 0 spiro atoms. The predicted octanol–water partition coefficient (Wildman–Crippen LogP) is 3.85. The molecule has 0 aliphatic rings. The molecular weight excluding hydrogens is 313 g/mol. The van der Waals surface area contributed by atoms with Crippen molar-refractivity contribution >= 4 is 15.9 Å². The van der Waals surface area contributed by atoms with Crippen molar-refractivity contribution in [2.75, 3.05) is 7.11 Å². The van der Waals surface area contributed by atoms with Gasteiger partial charge in [-0.25, -0.2) is 4.39 Å². The van der Waals surface area contributed by atoms with Gasteiger partial charge in [-0.05, 0) is 46.3 Å². The fourth-order valence-corrected chi connectivity index (χ4v) is 2.08. The molecule has 0 aliphatic heterocycles. The summed E-state index contributed by atoms with van der Waals surface area (Å²) in [5.41, 5.74) is 5.89. The van der Waals surface area contributed by atoms with Crippen molar-refractivity contribution in [2.24, 2.45) is 5.73 Å². The Kier molecular flexibility index (Phi) is 4.39. The zero-order chi connectivity index (χ0) is 13.8. The van der Waals surface area contributed by atoms with E-state index in [0.717, 1.165) is 4.47 Å². The van der Waals surface area contributed by atoms with Crippen LogP contribution in [0.25, 0.3) is 0 Å². The van der Waals surface area contributed by atoms with Crippen LogP contribution in [0, 0.1) is 5.82 Å². The summed E-state index contributed by atoms with van der Waals surface area (Å²) in [6.45, 7) is 0.0791. The van der Waals surface area contributed by atoms with Crippen LogP contribution < -0.4 is 15.2 Å². The van der Waals surface area contributed by atoms with E-state index in [9.17, 15) is 4.39 Å². The molecule has 19 heavy (non-hydrogen) atoms. The Bertz CT molecular complexity index is 590. The first kappa shape index (κ1) is 13.8. The highest BCUT2D eigenvalue weighted by Gasteiger charge is 2.11. The first-order chi connectivity index (χ1) is 9.15. The lowest BCUT2D eigenvalue weighted by Gasteiger charge is -2.12. The molecule has 2 aromatic rings. The lowest BCUT2D eigenvalue weighted by molar-refractivity contribution is 0.411. The van der Waals surface area contributed by atoms with Crippen molar-refractivity contribution in [2.45, 2.75) is 6.54 Å². The van der Waals surface area contributed by atoms with Gasteiger partial charge in [-0.15, -0.1) is 0 Å². The number of hydrogen-bond donors (Lipinski definition) is 1. The molecule has 0 unspecified atom stereocenters. The Labute approximate surface area is 119 Å². The van der Waals surface area contributed by atoms with Gasteiger partial charge in [0.2, 0.25) is 0 Å². The maximum Gasteiger partial charge on any atom is 0.141 e. The summed E-state index contributed by atoms with van der Waals surface area (Å²) in [5, 5.41) is 0. The Morgan fingerprint density at radius 1 is 1.21 bits per heavy atom. The Morgan fingerprint density at radius 2 is 2.00 bits per heavy atom. The molecule has 0 amide bonds. The second-order valence-corrected chi connectivity index (χ2v) is 4.67. The van der Waals surface area contributed by atoms with Gasteiger partial charge in [0, 0.05) is 12.1 Å². The summed E-state index contributed by atoms with van der Waals surface area (Å²) >= 11 is 3.38. The average molecular weight is 326 g/mol. The minimum atomic E-state index is -0.371. The largest absolute Gasteiger partial charge is 0.497 e. The standard InChI is InChI=1S/C14H13BrFNO2/c1-18-9-5-6-14(11(15)7-9)19-13-4-2-3-12(16)10(13)8-17/h2-7H,8,17H2,1H3. The molecule has 0 aliphatic carbocycles. The fraction of sp³-hybridized carbons (Fsp3) is 0.143. The molecule has 0 fully saturated rings. The summed E-state index contributed by atoms with van der Waals surface area (Å²) in [4.78, 5) is 0. The number of hydrogen-bond acceptors (Lipinski definition) is 3. The van der Waals surface area contributed by atoms with Crippen LogP contribution in [0.15, 0.2) is 40.9 Å². The topological polar surface area (TPSA) is 44.5 Å². The van der Waals surface area contributed by atoms with Crippen molar-refractivity contribution in [1.82, 2.24) is 0 Å². The van der Waals surface area contributed by atoms with E-state index in [1.807, 2.05) is 0 Å². The van der Waals surface area contributed by atoms with Gasteiger partial charge in [0.25, 0.3) is 0 Å². The SMILES string of the molecule is COc1ccc(Oc2cccc(F)c2CN)c(Br)c1. The van der Waals surface area contributed by atoms with E-state index in [1.165, 1.54) is 6.07 Å². The molecule has 5 heteroatoms. The van der Waals surface area contributed by atoms with Gasteiger partial charge in [-0.3, -0.25) is 0 Å². The third kappa shape index (κ3) is 3.05. The molecule has 100 valence electrons. The van der Waals surface area contributed by atoms with Crippen molar-refractivity contribution in [3.63, 3.8) is 0 Å². The monoisotopic (exact) mass is 325 g/mol. The zero-order valence-electron chi connectivity index (χ0n) is 10.3. The first-order valence-electron chi connectivity index (χ1n) is 5.64. The highest BCUT2D eigenvalue weighted by atomic mass is 79.9. The average Bonchev–Trinajstić information content (AvgIpc) is 2.41. The van der Waals surface area contributed by atoms with E-state index in [1.54, 1.807) is 37.4 Å². The van der Waals surface area contributed by atoms with Gasteiger partial charge in [0.15, 0.2) is 0 Å². The molecular formula is C14H13BrFNO2. The van der Waals surface area contributed by atoms with Gasteiger partial charge in [0.05, 0.1) is 11.6 Å².